The first-order valence-corrected chi connectivity index (χ1v) is 12.8. The van der Waals surface area contributed by atoms with Crippen LogP contribution in [-0.2, 0) is 0 Å². The highest BCUT2D eigenvalue weighted by atomic mass is 35.5. The van der Waals surface area contributed by atoms with E-state index in [1.54, 1.807) is 28.0 Å². The monoisotopic (exact) mass is 523 g/mol. The van der Waals surface area contributed by atoms with Gasteiger partial charge < -0.3 is 19.6 Å². The molecule has 2 aromatic carbocycles. The molecule has 0 bridgehead atoms. The minimum atomic E-state index is -0.145. The van der Waals surface area contributed by atoms with Crippen molar-refractivity contribution in [3.63, 3.8) is 0 Å². The van der Waals surface area contributed by atoms with Gasteiger partial charge in [0.15, 0.2) is 0 Å². The second-order valence-corrected chi connectivity index (χ2v) is 9.79. The van der Waals surface area contributed by atoms with Crippen LogP contribution in [0.3, 0.4) is 0 Å². The molecule has 0 saturated carbocycles. The van der Waals surface area contributed by atoms with E-state index < -0.39 is 0 Å². The van der Waals surface area contributed by atoms with Crippen molar-refractivity contribution in [2.75, 3.05) is 62.2 Å². The second kappa shape index (κ2) is 10.8. The summed E-state index contributed by atoms with van der Waals surface area (Å²) in [5.41, 5.74) is 2.79. The van der Waals surface area contributed by atoms with Crippen molar-refractivity contribution in [3.8, 4) is 0 Å². The van der Waals surface area contributed by atoms with Crippen molar-refractivity contribution < 1.29 is 9.59 Å². The molecule has 7 nitrogen and oxygen atoms in total. The highest BCUT2D eigenvalue weighted by Crippen LogP contribution is 2.21. The minimum absolute atomic E-state index is 0.145. The molecule has 186 valence electrons. The second-order valence-electron chi connectivity index (χ2n) is 8.92. The smallest absolute Gasteiger partial charge is 0.272 e. The zero-order valence-corrected chi connectivity index (χ0v) is 21.3. The van der Waals surface area contributed by atoms with E-state index in [0.29, 0.717) is 47.6 Å². The van der Waals surface area contributed by atoms with Crippen molar-refractivity contribution in [2.24, 2.45) is 0 Å². The van der Waals surface area contributed by atoms with Gasteiger partial charge in [-0.25, -0.2) is 4.98 Å². The molecule has 9 heteroatoms. The molecule has 1 aromatic heterocycles. The van der Waals surface area contributed by atoms with E-state index in [1.165, 1.54) is 0 Å². The molecule has 5 rings (SSSR count). The first-order valence-electron chi connectivity index (χ1n) is 12.0. The summed E-state index contributed by atoms with van der Waals surface area (Å²) in [7, 11) is 0. The quantitative estimate of drug-likeness (QED) is 0.509. The number of aromatic nitrogens is 1. The minimum Gasteiger partial charge on any atom is -0.368 e. The van der Waals surface area contributed by atoms with Crippen LogP contribution in [0.1, 0.15) is 21.0 Å². The summed E-state index contributed by atoms with van der Waals surface area (Å²) in [6, 6.07) is 20.6. The molecule has 2 aliphatic rings. The van der Waals surface area contributed by atoms with Crippen molar-refractivity contribution in [1.82, 2.24) is 14.8 Å². The number of piperazine rings is 2. The Morgan fingerprint density at radius 1 is 0.556 bits per heavy atom. The van der Waals surface area contributed by atoms with Gasteiger partial charge in [-0.15, -0.1) is 0 Å². The fourth-order valence-electron chi connectivity index (χ4n) is 4.64. The zero-order valence-electron chi connectivity index (χ0n) is 19.8. The van der Waals surface area contributed by atoms with Crippen LogP contribution in [0.5, 0.6) is 0 Å². The highest BCUT2D eigenvalue weighted by Gasteiger charge is 2.26. The Labute approximate surface area is 220 Å². The Balaban J connectivity index is 1.18. The molecule has 2 fully saturated rings. The maximum absolute atomic E-state index is 13.1. The van der Waals surface area contributed by atoms with E-state index in [1.807, 2.05) is 48.5 Å². The van der Waals surface area contributed by atoms with Crippen LogP contribution >= 0.6 is 23.2 Å². The molecule has 0 spiro atoms. The molecule has 36 heavy (non-hydrogen) atoms. The lowest BCUT2D eigenvalue weighted by Crippen LogP contribution is -2.49. The lowest BCUT2D eigenvalue weighted by atomic mass is 10.2. The SMILES string of the molecule is O=C(c1cccc(C(=O)N2CCN(c3ccc(Cl)cc3)CC2)n1)N1CCN(c2ccc(Cl)cc2)CC1. The number of amides is 2. The average molecular weight is 524 g/mol. The molecular formula is C27H27Cl2N5O2. The average Bonchev–Trinajstić information content (AvgIpc) is 2.93. The lowest BCUT2D eigenvalue weighted by Gasteiger charge is -2.36. The third kappa shape index (κ3) is 5.42. The fourth-order valence-corrected chi connectivity index (χ4v) is 4.89. The molecule has 0 aliphatic carbocycles. The largest absolute Gasteiger partial charge is 0.368 e. The molecule has 0 N–H and O–H groups in total. The number of halogens is 2. The van der Waals surface area contributed by atoms with E-state index in [2.05, 4.69) is 14.8 Å². The van der Waals surface area contributed by atoms with E-state index >= 15 is 0 Å². The predicted octanol–water partition coefficient (Wildman–Crippen LogP) is 4.31. The van der Waals surface area contributed by atoms with Crippen molar-refractivity contribution in [1.29, 1.82) is 0 Å². The predicted molar refractivity (Wildman–Crippen MR) is 143 cm³/mol. The van der Waals surface area contributed by atoms with Crippen LogP contribution in [0.4, 0.5) is 11.4 Å². The number of carbonyl (C=O) groups is 2. The molecule has 0 unspecified atom stereocenters. The van der Waals surface area contributed by atoms with Crippen molar-refractivity contribution in [2.45, 2.75) is 0 Å². The van der Waals surface area contributed by atoms with Gasteiger partial charge in [0.2, 0.25) is 0 Å². The lowest BCUT2D eigenvalue weighted by molar-refractivity contribution is 0.0733. The Kier molecular flexibility index (Phi) is 7.30. The van der Waals surface area contributed by atoms with Crippen LogP contribution in [0.15, 0.2) is 66.7 Å². The first kappa shape index (κ1) is 24.4. The summed E-state index contributed by atoms with van der Waals surface area (Å²) in [6.45, 7) is 5.27. The Morgan fingerprint density at radius 2 is 0.917 bits per heavy atom. The number of carbonyl (C=O) groups excluding carboxylic acids is 2. The molecule has 0 atom stereocenters. The molecule has 3 aromatic rings. The Morgan fingerprint density at radius 3 is 1.28 bits per heavy atom. The zero-order chi connectivity index (χ0) is 25.1. The number of hydrogen-bond acceptors (Lipinski definition) is 5. The number of hydrogen-bond donors (Lipinski definition) is 0. The van der Waals surface area contributed by atoms with E-state index in [-0.39, 0.29) is 11.8 Å². The third-order valence-corrected chi connectivity index (χ3v) is 7.21. The van der Waals surface area contributed by atoms with E-state index in [4.69, 9.17) is 23.2 Å². The fraction of sp³-hybridized carbons (Fsp3) is 0.296. The first-order chi connectivity index (χ1) is 17.5. The number of benzene rings is 2. The summed E-state index contributed by atoms with van der Waals surface area (Å²) >= 11 is 12.0. The topological polar surface area (TPSA) is 60.0 Å². The Bertz CT molecular complexity index is 1130. The van der Waals surface area contributed by atoms with E-state index in [0.717, 1.165) is 37.6 Å². The van der Waals surface area contributed by atoms with Gasteiger partial charge in [-0.2, -0.15) is 0 Å². The maximum atomic E-state index is 13.1. The van der Waals surface area contributed by atoms with Gasteiger partial charge in [-0.3, -0.25) is 9.59 Å². The summed E-state index contributed by atoms with van der Waals surface area (Å²) in [4.78, 5) is 38.8. The van der Waals surface area contributed by atoms with Gasteiger partial charge >= 0.3 is 0 Å². The number of anilines is 2. The summed E-state index contributed by atoms with van der Waals surface area (Å²) in [5.74, 6) is -0.291. The van der Waals surface area contributed by atoms with Crippen LogP contribution in [0.2, 0.25) is 10.0 Å². The van der Waals surface area contributed by atoms with Crippen molar-refractivity contribution >= 4 is 46.4 Å². The number of rotatable bonds is 4. The Hall–Kier alpha value is -3.29. The molecular weight excluding hydrogens is 497 g/mol. The van der Waals surface area contributed by atoms with Crippen LogP contribution < -0.4 is 9.80 Å². The van der Waals surface area contributed by atoms with Gasteiger partial charge in [-0.1, -0.05) is 29.3 Å². The summed E-state index contributed by atoms with van der Waals surface area (Å²) < 4.78 is 0. The highest BCUT2D eigenvalue weighted by molar-refractivity contribution is 6.30. The van der Waals surface area contributed by atoms with Gasteiger partial charge in [0.05, 0.1) is 0 Å². The van der Waals surface area contributed by atoms with Crippen molar-refractivity contribution in [3.05, 3.63) is 88.2 Å². The number of pyridine rings is 1. The van der Waals surface area contributed by atoms with Crippen LogP contribution in [-0.4, -0.2) is 79.0 Å². The molecule has 2 aliphatic heterocycles. The normalized spacial score (nSPS) is 16.3. The third-order valence-electron chi connectivity index (χ3n) is 6.70. The standard InChI is InChI=1S/C27H27Cl2N5O2/c28-20-4-8-22(9-5-20)31-12-16-33(17-13-31)26(35)24-2-1-3-25(30-24)27(36)34-18-14-32(15-19-34)23-10-6-21(29)7-11-23/h1-11H,12-19H2. The molecule has 2 amide bonds. The van der Waals surface area contributed by atoms with Gasteiger partial charge in [-0.05, 0) is 60.7 Å². The van der Waals surface area contributed by atoms with E-state index in [9.17, 15) is 9.59 Å². The maximum Gasteiger partial charge on any atom is 0.272 e. The van der Waals surface area contributed by atoms with Gasteiger partial charge in [0, 0.05) is 73.8 Å². The molecule has 0 radical (unpaired) electrons. The number of nitrogens with zero attached hydrogens (tertiary/aromatic N) is 5. The van der Waals surface area contributed by atoms with Gasteiger partial charge in [0.1, 0.15) is 11.4 Å². The van der Waals surface area contributed by atoms with Gasteiger partial charge in [0.25, 0.3) is 11.8 Å². The molecule has 3 heterocycles. The van der Waals surface area contributed by atoms with Crippen LogP contribution in [0, 0.1) is 0 Å². The summed E-state index contributed by atoms with van der Waals surface area (Å²) in [5, 5.41) is 1.41. The molecule has 2 saturated heterocycles. The summed E-state index contributed by atoms with van der Waals surface area (Å²) in [6.07, 6.45) is 0. The van der Waals surface area contributed by atoms with Crippen LogP contribution in [0.25, 0.3) is 0 Å².